The number of nitrogens with zero attached hydrogens (tertiary/aromatic N) is 3. The van der Waals surface area contributed by atoms with Crippen LogP contribution < -0.4 is 10.9 Å². The highest BCUT2D eigenvalue weighted by molar-refractivity contribution is 9.10. The van der Waals surface area contributed by atoms with Gasteiger partial charge in [-0.05, 0) is 43.7 Å². The number of hydrogen-bond acceptors (Lipinski definition) is 3. The molecular weight excluding hydrogens is 444 g/mol. The number of amides is 1. The molecule has 0 saturated carbocycles. The minimum Gasteiger partial charge on any atom is -0.350 e. The van der Waals surface area contributed by atoms with Crippen molar-refractivity contribution < 1.29 is 4.79 Å². The molecule has 2 aromatic heterocycles. The first-order valence-corrected chi connectivity index (χ1v) is 10.4. The number of rotatable bonds is 5. The van der Waals surface area contributed by atoms with Crippen molar-refractivity contribution in [2.75, 3.05) is 0 Å². The number of nitrogens with one attached hydrogen (secondary N) is 1. The molecule has 2 heterocycles. The van der Waals surface area contributed by atoms with E-state index in [0.29, 0.717) is 17.6 Å². The van der Waals surface area contributed by atoms with E-state index in [-0.39, 0.29) is 18.0 Å². The van der Waals surface area contributed by atoms with Gasteiger partial charge in [-0.25, -0.2) is 4.68 Å². The van der Waals surface area contributed by atoms with Gasteiger partial charge < -0.3 is 9.88 Å². The molecule has 0 aliphatic heterocycles. The highest BCUT2D eigenvalue weighted by atomic mass is 79.9. The van der Waals surface area contributed by atoms with Gasteiger partial charge in [0, 0.05) is 17.2 Å². The van der Waals surface area contributed by atoms with Gasteiger partial charge in [-0.3, -0.25) is 9.59 Å². The van der Waals surface area contributed by atoms with Crippen LogP contribution >= 0.6 is 15.9 Å². The molecule has 0 aliphatic carbocycles. The normalized spacial score (nSPS) is 11.0. The van der Waals surface area contributed by atoms with E-state index in [1.165, 1.54) is 4.57 Å². The first-order chi connectivity index (χ1) is 14.4. The molecule has 1 N–H and O–H groups in total. The van der Waals surface area contributed by atoms with Crippen molar-refractivity contribution in [2.45, 2.75) is 26.9 Å². The summed E-state index contributed by atoms with van der Waals surface area (Å²) < 4.78 is 4.12. The van der Waals surface area contributed by atoms with Crippen molar-refractivity contribution in [3.05, 3.63) is 92.4 Å². The van der Waals surface area contributed by atoms with E-state index in [9.17, 15) is 9.59 Å². The van der Waals surface area contributed by atoms with Crippen LogP contribution in [0.5, 0.6) is 0 Å². The smallest absolute Gasteiger partial charge is 0.262 e. The quantitative estimate of drug-likeness (QED) is 0.487. The average Bonchev–Trinajstić information content (AvgIpc) is 3.07. The first-order valence-electron chi connectivity index (χ1n) is 9.60. The van der Waals surface area contributed by atoms with Gasteiger partial charge in [0.25, 0.3) is 5.56 Å². The van der Waals surface area contributed by atoms with Crippen LogP contribution in [0.1, 0.15) is 16.8 Å². The second-order valence-corrected chi connectivity index (χ2v) is 8.06. The molecule has 4 aromatic rings. The Balaban J connectivity index is 1.58. The van der Waals surface area contributed by atoms with Gasteiger partial charge in [-0.15, -0.1) is 0 Å². The van der Waals surface area contributed by atoms with Gasteiger partial charge in [-0.2, -0.15) is 5.10 Å². The van der Waals surface area contributed by atoms with Crippen LogP contribution in [-0.2, 0) is 17.9 Å². The van der Waals surface area contributed by atoms with Crippen LogP contribution in [0.4, 0.5) is 0 Å². The molecule has 7 heteroatoms. The Morgan fingerprint density at radius 1 is 1.07 bits per heavy atom. The third kappa shape index (κ3) is 3.93. The third-order valence-electron chi connectivity index (χ3n) is 5.01. The molecular formula is C23H21BrN4O2. The SMILES string of the molecule is Cc1ccc(-n2nc(C)c3c(=O)n(CC(=O)NCc4ccccc4Br)ccc32)cc1. The summed E-state index contributed by atoms with van der Waals surface area (Å²) in [5, 5.41) is 7.94. The van der Waals surface area contributed by atoms with E-state index in [1.807, 2.05) is 68.4 Å². The maximum Gasteiger partial charge on any atom is 0.262 e. The molecule has 152 valence electrons. The summed E-state index contributed by atoms with van der Waals surface area (Å²) in [7, 11) is 0. The molecule has 0 fully saturated rings. The average molecular weight is 465 g/mol. The predicted molar refractivity (Wildman–Crippen MR) is 121 cm³/mol. The lowest BCUT2D eigenvalue weighted by Gasteiger charge is -2.09. The highest BCUT2D eigenvalue weighted by Gasteiger charge is 2.15. The van der Waals surface area contributed by atoms with Crippen molar-refractivity contribution >= 4 is 32.7 Å². The number of carbonyl (C=O) groups is 1. The monoisotopic (exact) mass is 464 g/mol. The maximum atomic E-state index is 13.0. The minimum atomic E-state index is -0.226. The number of halogens is 1. The largest absolute Gasteiger partial charge is 0.350 e. The molecule has 6 nitrogen and oxygen atoms in total. The molecule has 0 radical (unpaired) electrons. The standard InChI is InChI=1S/C23H21BrN4O2/c1-15-7-9-18(10-8-15)28-20-11-12-27(23(30)22(20)16(2)26-28)14-21(29)25-13-17-5-3-4-6-19(17)24/h3-12H,13-14H2,1-2H3,(H,25,29). The summed E-state index contributed by atoms with van der Waals surface area (Å²) in [6.07, 6.45) is 1.65. The number of carbonyl (C=O) groups excluding carboxylic acids is 1. The molecule has 0 unspecified atom stereocenters. The zero-order valence-electron chi connectivity index (χ0n) is 16.7. The fourth-order valence-corrected chi connectivity index (χ4v) is 3.81. The number of aromatic nitrogens is 3. The van der Waals surface area contributed by atoms with Crippen LogP contribution in [0.2, 0.25) is 0 Å². The van der Waals surface area contributed by atoms with E-state index >= 15 is 0 Å². The van der Waals surface area contributed by atoms with Crippen LogP contribution in [-0.4, -0.2) is 20.3 Å². The molecule has 0 aliphatic rings. The highest BCUT2D eigenvalue weighted by Crippen LogP contribution is 2.19. The van der Waals surface area contributed by atoms with Gasteiger partial charge in [0.05, 0.1) is 22.3 Å². The van der Waals surface area contributed by atoms with Crippen LogP contribution in [0.15, 0.2) is 70.1 Å². The van der Waals surface area contributed by atoms with Crippen LogP contribution in [0.25, 0.3) is 16.6 Å². The van der Waals surface area contributed by atoms with E-state index in [4.69, 9.17) is 0 Å². The molecule has 0 spiro atoms. The van der Waals surface area contributed by atoms with E-state index in [0.717, 1.165) is 26.8 Å². The Morgan fingerprint density at radius 2 is 1.80 bits per heavy atom. The summed E-state index contributed by atoms with van der Waals surface area (Å²) in [6, 6.07) is 17.5. The Hall–Kier alpha value is -3.19. The Kier molecular flexibility index (Phi) is 5.55. The summed E-state index contributed by atoms with van der Waals surface area (Å²) in [5.41, 5.74) is 4.16. The van der Waals surface area contributed by atoms with Gasteiger partial charge in [-0.1, -0.05) is 51.8 Å². The molecule has 1 amide bonds. The third-order valence-corrected chi connectivity index (χ3v) is 5.78. The summed E-state index contributed by atoms with van der Waals surface area (Å²) >= 11 is 3.47. The molecule has 0 atom stereocenters. The summed E-state index contributed by atoms with van der Waals surface area (Å²) in [5.74, 6) is -0.226. The van der Waals surface area contributed by atoms with Crippen LogP contribution in [0.3, 0.4) is 0 Å². The number of benzene rings is 2. The molecule has 0 saturated heterocycles. The predicted octanol–water partition coefficient (Wildman–Crippen LogP) is 3.88. The molecule has 30 heavy (non-hydrogen) atoms. The Bertz CT molecular complexity index is 1290. The number of pyridine rings is 1. The van der Waals surface area contributed by atoms with E-state index < -0.39 is 0 Å². The lowest BCUT2D eigenvalue weighted by molar-refractivity contribution is -0.121. The van der Waals surface area contributed by atoms with Crippen molar-refractivity contribution in [1.29, 1.82) is 0 Å². The summed E-state index contributed by atoms with van der Waals surface area (Å²) in [4.78, 5) is 25.5. The zero-order valence-corrected chi connectivity index (χ0v) is 18.3. The maximum absolute atomic E-state index is 13.0. The first kappa shape index (κ1) is 20.1. The van der Waals surface area contributed by atoms with Crippen molar-refractivity contribution in [2.24, 2.45) is 0 Å². The fourth-order valence-electron chi connectivity index (χ4n) is 3.39. The van der Waals surface area contributed by atoms with Crippen molar-refractivity contribution in [3.63, 3.8) is 0 Å². The minimum absolute atomic E-state index is 0.0472. The van der Waals surface area contributed by atoms with Crippen molar-refractivity contribution in [3.8, 4) is 5.69 Å². The van der Waals surface area contributed by atoms with Gasteiger partial charge >= 0.3 is 0 Å². The number of hydrogen-bond donors (Lipinski definition) is 1. The molecule has 2 aromatic carbocycles. The lowest BCUT2D eigenvalue weighted by Crippen LogP contribution is -2.31. The lowest BCUT2D eigenvalue weighted by atomic mass is 10.2. The molecule has 0 bridgehead atoms. The molecule has 4 rings (SSSR count). The van der Waals surface area contributed by atoms with Gasteiger partial charge in [0.1, 0.15) is 6.54 Å². The van der Waals surface area contributed by atoms with Crippen LogP contribution in [0, 0.1) is 13.8 Å². The van der Waals surface area contributed by atoms with Crippen molar-refractivity contribution in [1.82, 2.24) is 19.7 Å². The number of aryl methyl sites for hydroxylation is 2. The van der Waals surface area contributed by atoms with E-state index in [2.05, 4.69) is 26.3 Å². The fraction of sp³-hybridized carbons (Fsp3) is 0.174. The summed E-state index contributed by atoms with van der Waals surface area (Å²) in [6.45, 7) is 4.18. The Morgan fingerprint density at radius 3 is 2.53 bits per heavy atom. The number of fused-ring (bicyclic) bond motifs is 1. The topological polar surface area (TPSA) is 68.9 Å². The van der Waals surface area contributed by atoms with Gasteiger partial charge in [0.15, 0.2) is 0 Å². The van der Waals surface area contributed by atoms with E-state index in [1.54, 1.807) is 10.9 Å². The second-order valence-electron chi connectivity index (χ2n) is 7.21. The Labute approximate surface area is 182 Å². The second kappa shape index (κ2) is 8.28. The zero-order chi connectivity index (χ0) is 21.3. The van der Waals surface area contributed by atoms with Gasteiger partial charge in [0.2, 0.25) is 5.91 Å².